The zero-order chi connectivity index (χ0) is 19.9. The summed E-state index contributed by atoms with van der Waals surface area (Å²) in [5.74, 6) is -0.725. The molecular weight excluding hydrogens is 350 g/mol. The van der Waals surface area contributed by atoms with Crippen LogP contribution in [0.1, 0.15) is 28.4 Å². The number of rotatable bonds is 7. The Bertz CT molecular complexity index is 942. The summed E-state index contributed by atoms with van der Waals surface area (Å²) in [4.78, 5) is 26.6. The molecule has 0 radical (unpaired) electrons. The Morgan fingerprint density at radius 2 is 1.46 bits per heavy atom. The molecule has 5 heteroatoms. The third kappa shape index (κ3) is 4.57. The summed E-state index contributed by atoms with van der Waals surface area (Å²) in [6, 6.07) is 26.1. The van der Waals surface area contributed by atoms with Crippen molar-refractivity contribution in [3.05, 3.63) is 96.1 Å². The number of primary amides is 1. The number of carbonyl (C=O) groups excluding carboxylic acids is 2. The highest BCUT2D eigenvalue weighted by Gasteiger charge is 2.21. The van der Waals surface area contributed by atoms with Gasteiger partial charge in [0, 0.05) is 12.7 Å². The molecule has 3 aromatic rings. The molecule has 1 atom stereocenters. The number of hydrogen-bond acceptors (Lipinski definition) is 3. The van der Waals surface area contributed by atoms with Gasteiger partial charge in [-0.25, -0.2) is 0 Å². The highest BCUT2D eigenvalue weighted by atomic mass is 16.2. The van der Waals surface area contributed by atoms with Gasteiger partial charge in [-0.15, -0.1) is 0 Å². The lowest BCUT2D eigenvalue weighted by molar-refractivity contribution is -0.118. The number of nitrogens with one attached hydrogen (secondary N) is 1. The van der Waals surface area contributed by atoms with Crippen LogP contribution in [0.3, 0.4) is 0 Å². The highest BCUT2D eigenvalue weighted by molar-refractivity contribution is 6.01. The Morgan fingerprint density at radius 1 is 0.893 bits per heavy atom. The first kappa shape index (κ1) is 19.2. The van der Waals surface area contributed by atoms with Gasteiger partial charge in [-0.2, -0.15) is 0 Å². The van der Waals surface area contributed by atoms with Crippen LogP contribution in [0.5, 0.6) is 0 Å². The molecule has 0 unspecified atom stereocenters. The van der Waals surface area contributed by atoms with E-state index in [0.717, 1.165) is 16.9 Å². The van der Waals surface area contributed by atoms with Crippen LogP contribution in [0, 0.1) is 0 Å². The maximum Gasteiger partial charge on any atom is 0.253 e. The molecule has 3 N–H and O–H groups in total. The molecule has 0 aromatic heterocycles. The minimum atomic E-state index is -0.485. The van der Waals surface area contributed by atoms with E-state index in [4.69, 9.17) is 5.73 Å². The summed E-state index contributed by atoms with van der Waals surface area (Å²) < 4.78 is 0. The summed E-state index contributed by atoms with van der Waals surface area (Å²) in [5.41, 5.74) is 8.51. The molecule has 28 heavy (non-hydrogen) atoms. The lowest BCUT2D eigenvalue weighted by Crippen LogP contribution is -2.32. The first-order valence-electron chi connectivity index (χ1n) is 9.08. The lowest BCUT2D eigenvalue weighted by Gasteiger charge is -2.24. The van der Waals surface area contributed by atoms with Crippen LogP contribution in [-0.2, 0) is 4.79 Å². The van der Waals surface area contributed by atoms with Crippen molar-refractivity contribution in [2.75, 3.05) is 11.9 Å². The Morgan fingerprint density at radius 3 is 2.11 bits per heavy atom. The average molecular weight is 373 g/mol. The summed E-state index contributed by atoms with van der Waals surface area (Å²) >= 11 is 0. The van der Waals surface area contributed by atoms with Crippen LogP contribution in [0.15, 0.2) is 84.9 Å². The largest absolute Gasteiger partial charge is 0.370 e. The molecule has 142 valence electrons. The van der Waals surface area contributed by atoms with Crippen LogP contribution in [0.2, 0.25) is 0 Å². The number of nitrogens with zero attached hydrogens (tertiary/aromatic N) is 1. The molecule has 0 aliphatic carbocycles. The van der Waals surface area contributed by atoms with Crippen molar-refractivity contribution >= 4 is 23.2 Å². The molecule has 0 fully saturated rings. The zero-order valence-corrected chi connectivity index (χ0v) is 15.7. The molecule has 0 saturated carbocycles. The van der Waals surface area contributed by atoms with Gasteiger partial charge in [0.15, 0.2) is 0 Å². The third-order valence-electron chi connectivity index (χ3n) is 4.57. The molecular formula is C23H23N3O2. The van der Waals surface area contributed by atoms with E-state index in [-0.39, 0.29) is 12.3 Å². The summed E-state index contributed by atoms with van der Waals surface area (Å²) in [7, 11) is 1.92. The second kappa shape index (κ2) is 8.86. The van der Waals surface area contributed by atoms with Gasteiger partial charge in [0.05, 0.1) is 23.7 Å². The van der Waals surface area contributed by atoms with Crippen LogP contribution in [0.25, 0.3) is 0 Å². The second-order valence-corrected chi connectivity index (χ2v) is 6.52. The van der Waals surface area contributed by atoms with E-state index >= 15 is 0 Å². The Kier molecular flexibility index (Phi) is 6.07. The molecule has 5 nitrogen and oxygen atoms in total. The monoisotopic (exact) mass is 373 g/mol. The van der Waals surface area contributed by atoms with Crippen LogP contribution in [0.4, 0.5) is 11.4 Å². The molecule has 0 aliphatic heterocycles. The van der Waals surface area contributed by atoms with Crippen molar-refractivity contribution in [3.8, 4) is 0 Å². The molecule has 0 saturated heterocycles. The Hall–Kier alpha value is -3.60. The quantitative estimate of drug-likeness (QED) is 0.661. The van der Waals surface area contributed by atoms with Gasteiger partial charge >= 0.3 is 0 Å². The lowest BCUT2D eigenvalue weighted by atomic mass is 10.0. The number of anilines is 2. The van der Waals surface area contributed by atoms with Crippen molar-refractivity contribution in [2.24, 2.45) is 5.73 Å². The number of carbonyl (C=O) groups is 2. The number of amides is 2. The van der Waals surface area contributed by atoms with Gasteiger partial charge in [0.2, 0.25) is 5.91 Å². The molecule has 0 heterocycles. The Labute approximate surface area is 164 Å². The minimum absolute atomic E-state index is 0.0342. The summed E-state index contributed by atoms with van der Waals surface area (Å²) in [6.07, 6.45) is 0.0342. The minimum Gasteiger partial charge on any atom is -0.370 e. The Balaban J connectivity index is 1.88. The van der Waals surface area contributed by atoms with E-state index in [1.54, 1.807) is 6.07 Å². The SMILES string of the molecule is CN(c1ccccc1)c1ccccc1C(=O)N[C@@H](CC(N)=O)c1ccccc1. The topological polar surface area (TPSA) is 75.4 Å². The maximum atomic E-state index is 13.1. The van der Waals surface area contributed by atoms with Crippen molar-refractivity contribution in [3.63, 3.8) is 0 Å². The van der Waals surface area contributed by atoms with Gasteiger partial charge in [0.1, 0.15) is 0 Å². The molecule has 0 bridgehead atoms. The van der Waals surface area contributed by atoms with Crippen molar-refractivity contribution in [1.82, 2.24) is 5.32 Å². The fourth-order valence-electron chi connectivity index (χ4n) is 3.12. The molecule has 2 amide bonds. The average Bonchev–Trinajstić information content (AvgIpc) is 2.73. The molecule has 3 rings (SSSR count). The summed E-state index contributed by atoms with van der Waals surface area (Å²) in [5, 5.41) is 2.96. The van der Waals surface area contributed by atoms with E-state index < -0.39 is 11.9 Å². The smallest absolute Gasteiger partial charge is 0.253 e. The molecule has 0 aliphatic rings. The van der Waals surface area contributed by atoms with Crippen LogP contribution in [-0.4, -0.2) is 18.9 Å². The number of para-hydroxylation sites is 2. The van der Waals surface area contributed by atoms with Crippen molar-refractivity contribution in [1.29, 1.82) is 0 Å². The van der Waals surface area contributed by atoms with Crippen molar-refractivity contribution in [2.45, 2.75) is 12.5 Å². The van der Waals surface area contributed by atoms with Gasteiger partial charge in [-0.3, -0.25) is 9.59 Å². The molecule has 3 aromatic carbocycles. The maximum absolute atomic E-state index is 13.1. The number of nitrogens with two attached hydrogens (primary N) is 1. The van der Waals surface area contributed by atoms with E-state index in [9.17, 15) is 9.59 Å². The first-order chi connectivity index (χ1) is 13.6. The predicted molar refractivity (Wildman–Crippen MR) is 111 cm³/mol. The third-order valence-corrected chi connectivity index (χ3v) is 4.57. The highest BCUT2D eigenvalue weighted by Crippen LogP contribution is 2.27. The standard InChI is InChI=1S/C23H23N3O2/c1-26(18-12-6-3-7-13-18)21-15-9-8-14-19(21)23(28)25-20(16-22(24)27)17-10-4-2-5-11-17/h2-15,20H,16H2,1H3,(H2,24,27)(H,25,28)/t20-/m0/s1. The van der Waals surface area contributed by atoms with Gasteiger partial charge in [-0.05, 0) is 29.8 Å². The van der Waals surface area contributed by atoms with E-state index in [1.807, 2.05) is 90.8 Å². The normalized spacial score (nSPS) is 11.5. The van der Waals surface area contributed by atoms with E-state index in [1.165, 1.54) is 0 Å². The van der Waals surface area contributed by atoms with Gasteiger partial charge in [0.25, 0.3) is 5.91 Å². The molecule has 0 spiro atoms. The first-order valence-corrected chi connectivity index (χ1v) is 9.08. The fourth-order valence-corrected chi connectivity index (χ4v) is 3.12. The van der Waals surface area contributed by atoms with Crippen molar-refractivity contribution < 1.29 is 9.59 Å². The zero-order valence-electron chi connectivity index (χ0n) is 15.7. The predicted octanol–water partition coefficient (Wildman–Crippen LogP) is 3.80. The van der Waals surface area contributed by atoms with Gasteiger partial charge < -0.3 is 16.0 Å². The van der Waals surface area contributed by atoms with Crippen LogP contribution < -0.4 is 16.0 Å². The summed E-state index contributed by atoms with van der Waals surface area (Å²) in [6.45, 7) is 0. The van der Waals surface area contributed by atoms with E-state index in [2.05, 4.69) is 5.32 Å². The number of hydrogen-bond donors (Lipinski definition) is 2. The number of benzene rings is 3. The second-order valence-electron chi connectivity index (χ2n) is 6.52. The van der Waals surface area contributed by atoms with E-state index in [0.29, 0.717) is 5.56 Å². The van der Waals surface area contributed by atoms with Crippen LogP contribution >= 0.6 is 0 Å². The fraction of sp³-hybridized carbons (Fsp3) is 0.130. The van der Waals surface area contributed by atoms with Gasteiger partial charge in [-0.1, -0.05) is 60.7 Å².